The molecule has 0 aliphatic rings. The summed E-state index contributed by atoms with van der Waals surface area (Å²) in [5.74, 6) is 0.196. The monoisotopic (exact) mass is 354 g/mol. The lowest BCUT2D eigenvalue weighted by atomic mass is 9.95. The number of hydrogen-bond acceptors (Lipinski definition) is 3. The van der Waals surface area contributed by atoms with Crippen molar-refractivity contribution in [3.63, 3.8) is 0 Å². The van der Waals surface area contributed by atoms with Gasteiger partial charge in [-0.2, -0.15) is 13.2 Å². The lowest BCUT2D eigenvalue weighted by Crippen LogP contribution is -2.30. The van der Waals surface area contributed by atoms with Crippen LogP contribution in [0.3, 0.4) is 0 Å². The number of carbonyl (C=O) groups is 1. The van der Waals surface area contributed by atoms with Gasteiger partial charge in [0.15, 0.2) is 0 Å². The molecule has 0 atom stereocenters. The SMILES string of the molecule is CC(C)(COc1ccc(Oc2ccc(C(F)(F)F)cc2)cc1)C(=O)O. The highest BCUT2D eigenvalue weighted by Crippen LogP contribution is 2.31. The van der Waals surface area contributed by atoms with E-state index in [1.807, 2.05) is 0 Å². The van der Waals surface area contributed by atoms with E-state index in [1.165, 1.54) is 12.1 Å². The summed E-state index contributed by atoms with van der Waals surface area (Å²) >= 11 is 0. The Morgan fingerprint density at radius 1 is 0.920 bits per heavy atom. The van der Waals surface area contributed by atoms with Gasteiger partial charge >= 0.3 is 12.1 Å². The molecule has 0 spiro atoms. The van der Waals surface area contributed by atoms with Crippen molar-refractivity contribution in [2.24, 2.45) is 5.41 Å². The molecule has 7 heteroatoms. The van der Waals surface area contributed by atoms with Crippen LogP contribution in [-0.2, 0) is 11.0 Å². The van der Waals surface area contributed by atoms with Gasteiger partial charge in [-0.25, -0.2) is 0 Å². The van der Waals surface area contributed by atoms with Gasteiger partial charge in [0.1, 0.15) is 23.9 Å². The molecule has 0 aliphatic heterocycles. The van der Waals surface area contributed by atoms with Crippen molar-refractivity contribution in [3.8, 4) is 17.2 Å². The van der Waals surface area contributed by atoms with Gasteiger partial charge in [-0.1, -0.05) is 0 Å². The lowest BCUT2D eigenvalue weighted by molar-refractivity contribution is -0.148. The van der Waals surface area contributed by atoms with Crippen LogP contribution in [0.25, 0.3) is 0 Å². The molecule has 4 nitrogen and oxygen atoms in total. The molecule has 134 valence electrons. The highest BCUT2D eigenvalue weighted by Gasteiger charge is 2.30. The summed E-state index contributed by atoms with van der Waals surface area (Å²) in [5, 5.41) is 9.03. The molecule has 0 saturated heterocycles. The quantitative estimate of drug-likeness (QED) is 0.794. The number of halogens is 3. The molecule has 0 aromatic heterocycles. The lowest BCUT2D eigenvalue weighted by Gasteiger charge is -2.19. The zero-order chi connectivity index (χ0) is 18.7. The summed E-state index contributed by atoms with van der Waals surface area (Å²) in [7, 11) is 0. The smallest absolute Gasteiger partial charge is 0.416 e. The Balaban J connectivity index is 1.97. The standard InChI is InChI=1S/C18H17F3O4/c1-17(2,16(22)23)11-24-13-7-9-15(10-8-13)25-14-5-3-12(4-6-14)18(19,20)21/h3-10H,11H2,1-2H3,(H,22,23). The summed E-state index contributed by atoms with van der Waals surface area (Å²) in [6.07, 6.45) is -4.39. The normalized spacial score (nSPS) is 11.9. The van der Waals surface area contributed by atoms with E-state index in [1.54, 1.807) is 38.1 Å². The largest absolute Gasteiger partial charge is 0.492 e. The van der Waals surface area contributed by atoms with E-state index in [9.17, 15) is 18.0 Å². The second kappa shape index (κ2) is 7.04. The van der Waals surface area contributed by atoms with E-state index in [-0.39, 0.29) is 12.4 Å². The molecule has 0 fully saturated rings. The second-order valence-corrected chi connectivity index (χ2v) is 6.07. The zero-order valence-corrected chi connectivity index (χ0v) is 13.6. The average Bonchev–Trinajstić information content (AvgIpc) is 2.54. The van der Waals surface area contributed by atoms with Gasteiger partial charge in [-0.3, -0.25) is 4.79 Å². The van der Waals surface area contributed by atoms with Crippen molar-refractivity contribution in [1.82, 2.24) is 0 Å². The van der Waals surface area contributed by atoms with E-state index < -0.39 is 23.1 Å². The Kier molecular flexibility index (Phi) is 5.25. The van der Waals surface area contributed by atoms with Crippen LogP contribution in [0.2, 0.25) is 0 Å². The topological polar surface area (TPSA) is 55.8 Å². The first-order valence-corrected chi connectivity index (χ1v) is 7.39. The Hall–Kier alpha value is -2.70. The summed E-state index contributed by atoms with van der Waals surface area (Å²) in [4.78, 5) is 11.0. The number of alkyl halides is 3. The van der Waals surface area contributed by atoms with Gasteiger partial charge in [0, 0.05) is 0 Å². The minimum Gasteiger partial charge on any atom is -0.492 e. The maximum atomic E-state index is 12.5. The van der Waals surface area contributed by atoms with Gasteiger partial charge < -0.3 is 14.6 Å². The van der Waals surface area contributed by atoms with Gasteiger partial charge in [0.2, 0.25) is 0 Å². The van der Waals surface area contributed by atoms with Gasteiger partial charge in [0.05, 0.1) is 11.0 Å². The first kappa shape index (κ1) is 18.6. The number of hydrogen-bond donors (Lipinski definition) is 1. The Labute approximate surface area is 142 Å². The number of aliphatic carboxylic acids is 1. The van der Waals surface area contributed by atoms with E-state index in [4.69, 9.17) is 14.6 Å². The van der Waals surface area contributed by atoms with E-state index in [0.29, 0.717) is 11.5 Å². The molecule has 25 heavy (non-hydrogen) atoms. The maximum Gasteiger partial charge on any atom is 0.416 e. The van der Waals surface area contributed by atoms with Crippen LogP contribution in [0.1, 0.15) is 19.4 Å². The van der Waals surface area contributed by atoms with Crippen LogP contribution in [0.5, 0.6) is 17.2 Å². The number of carboxylic acid groups (broad SMARTS) is 1. The number of carboxylic acids is 1. The third kappa shape index (κ3) is 5.14. The van der Waals surface area contributed by atoms with Crippen LogP contribution >= 0.6 is 0 Å². The number of rotatable bonds is 6. The Morgan fingerprint density at radius 2 is 1.36 bits per heavy atom. The molecule has 0 unspecified atom stereocenters. The average molecular weight is 354 g/mol. The first-order chi connectivity index (χ1) is 11.6. The Morgan fingerprint density at radius 3 is 1.80 bits per heavy atom. The van der Waals surface area contributed by atoms with Crippen LogP contribution in [0, 0.1) is 5.41 Å². The summed E-state index contributed by atoms with van der Waals surface area (Å²) in [6, 6.07) is 10.7. The minimum absolute atomic E-state index is 0.00143. The predicted octanol–water partition coefficient (Wildman–Crippen LogP) is 4.99. The second-order valence-electron chi connectivity index (χ2n) is 6.07. The fraction of sp³-hybridized carbons (Fsp3) is 0.278. The molecule has 1 N–H and O–H groups in total. The van der Waals surface area contributed by atoms with Crippen molar-refractivity contribution >= 4 is 5.97 Å². The molecule has 0 bridgehead atoms. The number of benzene rings is 2. The van der Waals surface area contributed by atoms with E-state index >= 15 is 0 Å². The minimum atomic E-state index is -4.39. The van der Waals surface area contributed by atoms with Gasteiger partial charge in [0.25, 0.3) is 0 Å². The van der Waals surface area contributed by atoms with Crippen molar-refractivity contribution in [3.05, 3.63) is 54.1 Å². The van der Waals surface area contributed by atoms with Crippen LogP contribution in [0.15, 0.2) is 48.5 Å². The Bertz CT molecular complexity index is 719. The van der Waals surface area contributed by atoms with Crippen molar-refractivity contribution < 1.29 is 32.5 Å². The molecule has 2 rings (SSSR count). The van der Waals surface area contributed by atoms with Crippen molar-refractivity contribution in [2.75, 3.05) is 6.61 Å². The van der Waals surface area contributed by atoms with E-state index in [0.717, 1.165) is 12.1 Å². The molecule has 0 saturated carbocycles. The van der Waals surface area contributed by atoms with Crippen molar-refractivity contribution in [1.29, 1.82) is 0 Å². The van der Waals surface area contributed by atoms with E-state index in [2.05, 4.69) is 0 Å². The third-order valence-corrected chi connectivity index (χ3v) is 3.42. The molecule has 0 radical (unpaired) electrons. The van der Waals surface area contributed by atoms with Crippen molar-refractivity contribution in [2.45, 2.75) is 20.0 Å². The summed E-state index contributed by atoms with van der Waals surface area (Å²) in [5.41, 5.74) is -1.76. The predicted molar refractivity (Wildman–Crippen MR) is 84.9 cm³/mol. The first-order valence-electron chi connectivity index (χ1n) is 7.39. The van der Waals surface area contributed by atoms with Gasteiger partial charge in [-0.15, -0.1) is 0 Å². The van der Waals surface area contributed by atoms with Gasteiger partial charge in [-0.05, 0) is 62.4 Å². The fourth-order valence-corrected chi connectivity index (χ4v) is 1.78. The highest BCUT2D eigenvalue weighted by atomic mass is 19.4. The maximum absolute atomic E-state index is 12.5. The summed E-state index contributed by atoms with van der Waals surface area (Å²) in [6.45, 7) is 3.11. The molecule has 0 amide bonds. The van der Waals surface area contributed by atoms with Crippen LogP contribution < -0.4 is 9.47 Å². The highest BCUT2D eigenvalue weighted by molar-refractivity contribution is 5.73. The molecular weight excluding hydrogens is 337 g/mol. The summed E-state index contributed by atoms with van der Waals surface area (Å²) < 4.78 is 48.4. The van der Waals surface area contributed by atoms with Crippen LogP contribution in [0.4, 0.5) is 13.2 Å². The molecule has 0 aliphatic carbocycles. The third-order valence-electron chi connectivity index (χ3n) is 3.42. The molecule has 2 aromatic carbocycles. The molecule has 2 aromatic rings. The zero-order valence-electron chi connectivity index (χ0n) is 13.6. The van der Waals surface area contributed by atoms with Crippen LogP contribution in [-0.4, -0.2) is 17.7 Å². The molecular formula is C18H17F3O4. The fourth-order valence-electron chi connectivity index (χ4n) is 1.78. The number of ether oxygens (including phenoxy) is 2. The molecule has 0 heterocycles.